The van der Waals surface area contributed by atoms with Crippen LogP contribution in [0.5, 0.6) is 0 Å². The third-order valence-corrected chi connectivity index (χ3v) is 2.39. The number of anilines is 2. The van der Waals surface area contributed by atoms with Crippen molar-refractivity contribution in [2.45, 2.75) is 6.92 Å². The minimum absolute atomic E-state index is 0.0439. The van der Waals surface area contributed by atoms with Gasteiger partial charge in [-0.05, 0) is 25.1 Å². The number of carboxylic acid groups (broad SMARTS) is 1. The smallest absolute Gasteiger partial charge is 0.374 e. The summed E-state index contributed by atoms with van der Waals surface area (Å²) in [6.07, 6.45) is 1.35. The summed E-state index contributed by atoms with van der Waals surface area (Å²) in [7, 11) is 0. The highest BCUT2D eigenvalue weighted by atomic mass is 16.4. The fraction of sp³-hybridized carbons (Fsp3) is 0.0769. The fourth-order valence-corrected chi connectivity index (χ4v) is 1.50. The minimum Gasteiger partial charge on any atom is -0.475 e. The molecule has 0 aliphatic rings. The van der Waals surface area contributed by atoms with Crippen LogP contribution in [0.3, 0.4) is 0 Å². The maximum Gasteiger partial charge on any atom is 0.374 e. The van der Waals surface area contributed by atoms with Crippen LogP contribution in [0.2, 0.25) is 0 Å². The van der Waals surface area contributed by atoms with Crippen molar-refractivity contribution in [1.82, 2.24) is 9.97 Å². The molecule has 0 amide bonds. The van der Waals surface area contributed by atoms with Gasteiger partial charge in [-0.3, -0.25) is 4.79 Å². The maximum atomic E-state index is 11.3. The van der Waals surface area contributed by atoms with Crippen LogP contribution in [0.1, 0.15) is 27.9 Å². The van der Waals surface area contributed by atoms with E-state index in [1.54, 1.807) is 30.3 Å². The Bertz CT molecular complexity index is 585. The molecule has 2 rings (SSSR count). The van der Waals surface area contributed by atoms with Gasteiger partial charge in [0.15, 0.2) is 5.78 Å². The summed E-state index contributed by atoms with van der Waals surface area (Å²) < 4.78 is 0. The molecule has 0 bridgehead atoms. The van der Waals surface area contributed by atoms with Gasteiger partial charge in [-0.25, -0.2) is 14.8 Å². The average Bonchev–Trinajstić information content (AvgIpc) is 2.39. The van der Waals surface area contributed by atoms with Crippen molar-refractivity contribution in [3.63, 3.8) is 0 Å². The van der Waals surface area contributed by atoms with Crippen molar-refractivity contribution in [3.8, 4) is 0 Å². The van der Waals surface area contributed by atoms with Crippen molar-refractivity contribution in [3.05, 3.63) is 47.9 Å². The topological polar surface area (TPSA) is 92.2 Å². The first-order valence-electron chi connectivity index (χ1n) is 5.50. The standard InChI is InChI=1S/C13H11N3O3/c1-8(17)9-3-2-4-10(7-9)15-11-5-6-14-12(16-11)13(18)19/h2-7H,1H3,(H,18,19)(H,14,15,16). The molecule has 96 valence electrons. The molecule has 1 aromatic heterocycles. The van der Waals surface area contributed by atoms with E-state index < -0.39 is 5.97 Å². The first-order valence-corrected chi connectivity index (χ1v) is 5.50. The van der Waals surface area contributed by atoms with Gasteiger partial charge in [0.1, 0.15) is 5.82 Å². The summed E-state index contributed by atoms with van der Waals surface area (Å²) >= 11 is 0. The van der Waals surface area contributed by atoms with E-state index in [2.05, 4.69) is 15.3 Å². The predicted octanol–water partition coefficient (Wildman–Crippen LogP) is 2.12. The van der Waals surface area contributed by atoms with E-state index in [9.17, 15) is 9.59 Å². The molecule has 6 nitrogen and oxygen atoms in total. The summed E-state index contributed by atoms with van der Waals surface area (Å²) in [6.45, 7) is 1.48. The zero-order valence-corrected chi connectivity index (χ0v) is 10.1. The monoisotopic (exact) mass is 257 g/mol. The second kappa shape index (κ2) is 5.26. The predicted molar refractivity (Wildman–Crippen MR) is 68.7 cm³/mol. The summed E-state index contributed by atoms with van der Waals surface area (Å²) in [5.74, 6) is -1.17. The zero-order valence-electron chi connectivity index (χ0n) is 10.1. The molecule has 0 aliphatic carbocycles. The van der Waals surface area contributed by atoms with Crippen LogP contribution in [0.15, 0.2) is 36.5 Å². The van der Waals surface area contributed by atoms with Gasteiger partial charge < -0.3 is 10.4 Å². The molecule has 2 aromatic rings. The van der Waals surface area contributed by atoms with Gasteiger partial charge in [-0.15, -0.1) is 0 Å². The number of nitrogens with zero attached hydrogens (tertiary/aromatic N) is 2. The molecule has 2 N–H and O–H groups in total. The number of carboxylic acids is 1. The lowest BCUT2D eigenvalue weighted by Crippen LogP contribution is -2.05. The van der Waals surface area contributed by atoms with Crippen molar-refractivity contribution in [2.75, 3.05) is 5.32 Å². The lowest BCUT2D eigenvalue weighted by atomic mass is 10.1. The molecule has 19 heavy (non-hydrogen) atoms. The second-order valence-electron chi connectivity index (χ2n) is 3.83. The molecule has 0 saturated heterocycles. The Balaban J connectivity index is 2.26. The lowest BCUT2D eigenvalue weighted by Gasteiger charge is -2.06. The number of hydrogen-bond acceptors (Lipinski definition) is 5. The molecule has 0 unspecified atom stereocenters. The molecule has 0 saturated carbocycles. The Morgan fingerprint density at radius 1 is 1.26 bits per heavy atom. The highest BCUT2D eigenvalue weighted by Crippen LogP contribution is 2.16. The number of Topliss-reactive ketones (excluding diaryl/α,β-unsaturated/α-hetero) is 1. The van der Waals surface area contributed by atoms with E-state index in [4.69, 9.17) is 5.11 Å². The highest BCUT2D eigenvalue weighted by molar-refractivity contribution is 5.95. The Morgan fingerprint density at radius 3 is 2.74 bits per heavy atom. The normalized spacial score (nSPS) is 9.95. The number of ketones is 1. The van der Waals surface area contributed by atoms with E-state index in [1.165, 1.54) is 13.1 Å². The SMILES string of the molecule is CC(=O)c1cccc(Nc2ccnc(C(=O)O)n2)c1. The van der Waals surface area contributed by atoms with Crippen LogP contribution in [0.4, 0.5) is 11.5 Å². The number of aromatic carboxylic acids is 1. The molecule has 0 aliphatic heterocycles. The Hall–Kier alpha value is -2.76. The van der Waals surface area contributed by atoms with E-state index >= 15 is 0 Å². The molecule has 1 aromatic carbocycles. The summed E-state index contributed by atoms with van der Waals surface area (Å²) in [5.41, 5.74) is 1.22. The number of nitrogens with one attached hydrogen (secondary N) is 1. The quantitative estimate of drug-likeness (QED) is 0.815. The van der Waals surface area contributed by atoms with Crippen molar-refractivity contribution >= 4 is 23.3 Å². The number of carbonyl (C=O) groups excluding carboxylic acids is 1. The van der Waals surface area contributed by atoms with Crippen molar-refractivity contribution in [1.29, 1.82) is 0 Å². The number of aromatic nitrogens is 2. The Morgan fingerprint density at radius 2 is 2.05 bits per heavy atom. The van der Waals surface area contributed by atoms with Gasteiger partial charge in [-0.1, -0.05) is 12.1 Å². The van der Waals surface area contributed by atoms with Crippen LogP contribution in [-0.4, -0.2) is 26.8 Å². The van der Waals surface area contributed by atoms with Crippen molar-refractivity contribution < 1.29 is 14.7 Å². The number of rotatable bonds is 4. The van der Waals surface area contributed by atoms with E-state index in [-0.39, 0.29) is 11.6 Å². The summed E-state index contributed by atoms with van der Waals surface area (Å²) in [6, 6.07) is 8.42. The fourth-order valence-electron chi connectivity index (χ4n) is 1.50. The third kappa shape index (κ3) is 3.12. The molecule has 0 atom stereocenters. The third-order valence-electron chi connectivity index (χ3n) is 2.39. The largest absolute Gasteiger partial charge is 0.475 e. The van der Waals surface area contributed by atoms with E-state index in [0.29, 0.717) is 17.1 Å². The van der Waals surface area contributed by atoms with Gasteiger partial charge in [0.05, 0.1) is 0 Å². The highest BCUT2D eigenvalue weighted by Gasteiger charge is 2.07. The first-order chi connectivity index (χ1) is 9.06. The number of benzene rings is 1. The van der Waals surface area contributed by atoms with Crippen LogP contribution in [0.25, 0.3) is 0 Å². The van der Waals surface area contributed by atoms with E-state index in [1.807, 2.05) is 0 Å². The number of carbonyl (C=O) groups is 2. The Labute approximate surface area is 109 Å². The van der Waals surface area contributed by atoms with Gasteiger partial charge in [0, 0.05) is 17.4 Å². The van der Waals surface area contributed by atoms with Gasteiger partial charge in [-0.2, -0.15) is 0 Å². The molecule has 0 fully saturated rings. The van der Waals surface area contributed by atoms with Gasteiger partial charge in [0.2, 0.25) is 5.82 Å². The molecule has 0 spiro atoms. The molecule has 6 heteroatoms. The number of hydrogen-bond donors (Lipinski definition) is 2. The van der Waals surface area contributed by atoms with E-state index in [0.717, 1.165) is 0 Å². The zero-order chi connectivity index (χ0) is 13.8. The van der Waals surface area contributed by atoms with Crippen LogP contribution < -0.4 is 5.32 Å². The molecule has 0 radical (unpaired) electrons. The Kier molecular flexibility index (Phi) is 3.51. The van der Waals surface area contributed by atoms with Gasteiger partial charge in [0.25, 0.3) is 0 Å². The van der Waals surface area contributed by atoms with Crippen LogP contribution >= 0.6 is 0 Å². The average molecular weight is 257 g/mol. The van der Waals surface area contributed by atoms with Crippen LogP contribution in [-0.2, 0) is 0 Å². The first kappa shape index (κ1) is 12.7. The molecular weight excluding hydrogens is 246 g/mol. The maximum absolute atomic E-state index is 11.3. The second-order valence-corrected chi connectivity index (χ2v) is 3.83. The minimum atomic E-state index is -1.19. The van der Waals surface area contributed by atoms with Crippen LogP contribution in [0, 0.1) is 0 Å². The van der Waals surface area contributed by atoms with Gasteiger partial charge >= 0.3 is 5.97 Å². The summed E-state index contributed by atoms with van der Waals surface area (Å²) in [4.78, 5) is 29.5. The lowest BCUT2D eigenvalue weighted by molar-refractivity contribution is 0.0683. The summed E-state index contributed by atoms with van der Waals surface area (Å²) in [5, 5.41) is 11.7. The molecular formula is C13H11N3O3. The van der Waals surface area contributed by atoms with Crippen molar-refractivity contribution in [2.24, 2.45) is 0 Å². The molecule has 1 heterocycles.